The van der Waals surface area contributed by atoms with E-state index in [1.165, 1.54) is 6.08 Å². The van der Waals surface area contributed by atoms with Crippen molar-refractivity contribution in [2.45, 2.75) is 12.8 Å². The summed E-state index contributed by atoms with van der Waals surface area (Å²) >= 11 is 3.34. The summed E-state index contributed by atoms with van der Waals surface area (Å²) in [5.74, 6) is 0.992. The van der Waals surface area contributed by atoms with E-state index in [1.807, 2.05) is 23.9 Å². The number of benzene rings is 1. The van der Waals surface area contributed by atoms with E-state index in [9.17, 15) is 9.59 Å². The van der Waals surface area contributed by atoms with Crippen LogP contribution in [0.5, 0.6) is 0 Å². The molecule has 30 heavy (non-hydrogen) atoms. The molecule has 3 rings (SSSR count). The Labute approximate surface area is 185 Å². The van der Waals surface area contributed by atoms with Crippen LogP contribution in [-0.2, 0) is 11.2 Å². The SMILES string of the molecule is CN(C)C/C=C/C(=O)Nc1ccc(C(=O)N2CC[C@@H](Cc3ncc(Br)cn3)C2)cc1. The molecule has 2 amide bonds. The first-order valence-electron chi connectivity index (χ1n) is 9.88. The molecule has 1 aliphatic heterocycles. The summed E-state index contributed by atoms with van der Waals surface area (Å²) in [6.45, 7) is 2.13. The minimum absolute atomic E-state index is 0.0120. The lowest BCUT2D eigenvalue weighted by atomic mass is 10.0. The Morgan fingerprint density at radius 1 is 1.23 bits per heavy atom. The van der Waals surface area contributed by atoms with Gasteiger partial charge in [-0.15, -0.1) is 0 Å². The minimum atomic E-state index is -0.187. The number of halogens is 1. The van der Waals surface area contributed by atoms with Crippen LogP contribution >= 0.6 is 15.9 Å². The van der Waals surface area contributed by atoms with E-state index < -0.39 is 0 Å². The summed E-state index contributed by atoms with van der Waals surface area (Å²) in [4.78, 5) is 37.2. The molecular formula is C22H26BrN5O2. The highest BCUT2D eigenvalue weighted by Gasteiger charge is 2.27. The highest BCUT2D eigenvalue weighted by atomic mass is 79.9. The molecule has 0 unspecified atom stereocenters. The third-order valence-corrected chi connectivity index (χ3v) is 5.27. The van der Waals surface area contributed by atoms with Crippen molar-refractivity contribution in [1.82, 2.24) is 19.8 Å². The Morgan fingerprint density at radius 3 is 2.60 bits per heavy atom. The Bertz CT molecular complexity index is 897. The van der Waals surface area contributed by atoms with E-state index >= 15 is 0 Å². The fourth-order valence-electron chi connectivity index (χ4n) is 3.32. The zero-order chi connectivity index (χ0) is 21.5. The van der Waals surface area contributed by atoms with Gasteiger partial charge in [-0.25, -0.2) is 9.97 Å². The molecule has 0 saturated carbocycles. The Balaban J connectivity index is 1.51. The van der Waals surface area contributed by atoms with Crippen molar-refractivity contribution in [2.24, 2.45) is 5.92 Å². The number of rotatable bonds is 7. The average Bonchev–Trinajstić information content (AvgIpc) is 3.18. The molecule has 158 valence electrons. The molecule has 1 fully saturated rings. The molecule has 1 saturated heterocycles. The number of hydrogen-bond acceptors (Lipinski definition) is 5. The third kappa shape index (κ3) is 6.47. The fraction of sp³-hybridized carbons (Fsp3) is 0.364. The maximum Gasteiger partial charge on any atom is 0.253 e. The van der Waals surface area contributed by atoms with Crippen molar-refractivity contribution in [1.29, 1.82) is 0 Å². The molecule has 1 aromatic heterocycles. The van der Waals surface area contributed by atoms with Crippen LogP contribution in [0.2, 0.25) is 0 Å². The van der Waals surface area contributed by atoms with E-state index in [-0.39, 0.29) is 11.8 Å². The molecule has 7 nitrogen and oxygen atoms in total. The summed E-state index contributed by atoms with van der Waals surface area (Å²) in [7, 11) is 3.88. The predicted octanol–water partition coefficient (Wildman–Crippen LogP) is 3.00. The topological polar surface area (TPSA) is 78.4 Å². The van der Waals surface area contributed by atoms with Gasteiger partial charge in [-0.2, -0.15) is 0 Å². The number of nitrogens with one attached hydrogen (secondary N) is 1. The lowest BCUT2D eigenvalue weighted by molar-refractivity contribution is -0.111. The van der Waals surface area contributed by atoms with Crippen LogP contribution in [0.3, 0.4) is 0 Å². The van der Waals surface area contributed by atoms with Gasteiger partial charge in [-0.1, -0.05) is 6.08 Å². The monoisotopic (exact) mass is 471 g/mol. The Morgan fingerprint density at radius 2 is 1.93 bits per heavy atom. The van der Waals surface area contributed by atoms with Gasteiger partial charge in [0.1, 0.15) is 5.82 Å². The van der Waals surface area contributed by atoms with Crippen LogP contribution in [-0.4, -0.2) is 65.3 Å². The standard InChI is InChI=1S/C22H26BrN5O2/c1-27(2)10-3-4-21(29)26-19-7-5-17(6-8-19)22(30)28-11-9-16(15-28)12-20-24-13-18(23)14-25-20/h3-8,13-14,16H,9-12,15H2,1-2H3,(H,26,29)/b4-3+/t16-/m0/s1. The number of likely N-dealkylation sites (N-methyl/N-ethyl adjacent to an activating group) is 1. The maximum absolute atomic E-state index is 12.8. The predicted molar refractivity (Wildman–Crippen MR) is 120 cm³/mol. The van der Waals surface area contributed by atoms with Gasteiger partial charge in [0.05, 0.1) is 4.47 Å². The van der Waals surface area contributed by atoms with Gasteiger partial charge in [0, 0.05) is 55.8 Å². The summed E-state index contributed by atoms with van der Waals surface area (Å²) in [5.41, 5.74) is 1.29. The second-order valence-electron chi connectivity index (χ2n) is 7.66. The molecule has 0 aliphatic carbocycles. The highest BCUT2D eigenvalue weighted by Crippen LogP contribution is 2.22. The first kappa shape index (κ1) is 22.1. The number of anilines is 1. The summed E-state index contributed by atoms with van der Waals surface area (Å²) in [5, 5.41) is 2.80. The van der Waals surface area contributed by atoms with E-state index in [1.54, 1.807) is 42.7 Å². The highest BCUT2D eigenvalue weighted by molar-refractivity contribution is 9.10. The van der Waals surface area contributed by atoms with Crippen LogP contribution in [0, 0.1) is 5.92 Å². The molecule has 1 aromatic carbocycles. The molecule has 1 N–H and O–H groups in total. The zero-order valence-electron chi connectivity index (χ0n) is 17.2. The number of amides is 2. The van der Waals surface area contributed by atoms with E-state index in [0.717, 1.165) is 29.7 Å². The summed E-state index contributed by atoms with van der Waals surface area (Å²) in [6, 6.07) is 7.03. The molecule has 8 heteroatoms. The van der Waals surface area contributed by atoms with Gasteiger partial charge in [0.15, 0.2) is 0 Å². The summed E-state index contributed by atoms with van der Waals surface area (Å²) in [6.07, 6.45) is 8.52. The molecule has 0 bridgehead atoms. The van der Waals surface area contributed by atoms with Gasteiger partial charge in [0.2, 0.25) is 5.91 Å². The smallest absolute Gasteiger partial charge is 0.253 e. The van der Waals surface area contributed by atoms with Crippen molar-refractivity contribution < 1.29 is 9.59 Å². The number of carbonyl (C=O) groups is 2. The van der Waals surface area contributed by atoms with E-state index in [4.69, 9.17) is 0 Å². The number of nitrogens with zero attached hydrogens (tertiary/aromatic N) is 4. The van der Waals surface area contributed by atoms with Gasteiger partial charge in [-0.3, -0.25) is 9.59 Å². The summed E-state index contributed by atoms with van der Waals surface area (Å²) < 4.78 is 0.860. The quantitative estimate of drug-likeness (QED) is 0.627. The van der Waals surface area contributed by atoms with E-state index in [2.05, 4.69) is 31.2 Å². The van der Waals surface area contributed by atoms with Crippen LogP contribution < -0.4 is 5.32 Å². The van der Waals surface area contributed by atoms with Crippen LogP contribution in [0.25, 0.3) is 0 Å². The van der Waals surface area contributed by atoms with Crippen LogP contribution in [0.4, 0.5) is 5.69 Å². The molecule has 2 aromatic rings. The second-order valence-corrected chi connectivity index (χ2v) is 8.57. The minimum Gasteiger partial charge on any atom is -0.338 e. The van der Waals surface area contributed by atoms with Gasteiger partial charge >= 0.3 is 0 Å². The van der Waals surface area contributed by atoms with Crippen molar-refractivity contribution in [2.75, 3.05) is 39.0 Å². The lowest BCUT2D eigenvalue weighted by Gasteiger charge is -2.17. The molecule has 2 heterocycles. The first-order valence-corrected chi connectivity index (χ1v) is 10.7. The molecule has 0 radical (unpaired) electrons. The van der Waals surface area contributed by atoms with Gasteiger partial charge in [-0.05, 0) is 66.6 Å². The van der Waals surface area contributed by atoms with Crippen molar-refractivity contribution in [3.8, 4) is 0 Å². The van der Waals surface area contributed by atoms with Crippen LogP contribution in [0.1, 0.15) is 22.6 Å². The maximum atomic E-state index is 12.8. The first-order chi connectivity index (χ1) is 14.4. The van der Waals surface area contributed by atoms with Gasteiger partial charge < -0.3 is 15.1 Å². The fourth-order valence-corrected chi connectivity index (χ4v) is 3.52. The lowest BCUT2D eigenvalue weighted by Crippen LogP contribution is -2.29. The van der Waals surface area contributed by atoms with E-state index in [0.29, 0.717) is 30.3 Å². The largest absolute Gasteiger partial charge is 0.338 e. The number of aromatic nitrogens is 2. The van der Waals surface area contributed by atoms with Crippen LogP contribution in [0.15, 0.2) is 53.3 Å². The second kappa shape index (κ2) is 10.4. The Kier molecular flexibility index (Phi) is 7.70. The third-order valence-electron chi connectivity index (χ3n) is 4.86. The van der Waals surface area contributed by atoms with Gasteiger partial charge in [0.25, 0.3) is 5.91 Å². The van der Waals surface area contributed by atoms with Crippen molar-refractivity contribution in [3.63, 3.8) is 0 Å². The molecule has 1 atom stereocenters. The Hall–Kier alpha value is -2.58. The number of hydrogen-bond donors (Lipinski definition) is 1. The molecule has 0 spiro atoms. The zero-order valence-corrected chi connectivity index (χ0v) is 18.8. The normalized spacial score (nSPS) is 16.4. The number of likely N-dealkylation sites (tertiary alicyclic amines) is 1. The van der Waals surface area contributed by atoms with Crippen molar-refractivity contribution in [3.05, 3.63) is 64.7 Å². The number of carbonyl (C=O) groups excluding carboxylic acids is 2. The molecule has 1 aliphatic rings. The van der Waals surface area contributed by atoms with Crippen molar-refractivity contribution >= 4 is 33.4 Å². The average molecular weight is 472 g/mol. The molecular weight excluding hydrogens is 446 g/mol.